The minimum Gasteiger partial charge on any atom is -0.382 e. The van der Waals surface area contributed by atoms with Crippen LogP contribution in [0.15, 0.2) is 72.8 Å². The highest BCUT2D eigenvalue weighted by Crippen LogP contribution is 2.27. The molecule has 0 radical (unpaired) electrons. The molecule has 0 aliphatic rings. The van der Waals surface area contributed by atoms with E-state index in [0.29, 0.717) is 18.4 Å². The smallest absolute Gasteiger partial charge is 0.272 e. The van der Waals surface area contributed by atoms with Gasteiger partial charge in [0, 0.05) is 0 Å². The van der Waals surface area contributed by atoms with Gasteiger partial charge in [-0.2, -0.15) is 5.26 Å². The molecule has 0 aromatic heterocycles. The number of amides is 3. The molecule has 0 heterocycles. The third-order valence-electron chi connectivity index (χ3n) is 7.77. The van der Waals surface area contributed by atoms with Crippen LogP contribution in [0, 0.1) is 29.6 Å². The van der Waals surface area contributed by atoms with E-state index in [4.69, 9.17) is 10.5 Å². The number of benzene rings is 3. The summed E-state index contributed by atoms with van der Waals surface area (Å²) in [5, 5.41) is 34.6. The molecule has 0 aliphatic carbocycles. The van der Waals surface area contributed by atoms with Crippen LogP contribution in [0.5, 0.6) is 0 Å². The minimum atomic E-state index is -1.81. The van der Waals surface area contributed by atoms with Gasteiger partial charge in [-0.1, -0.05) is 81.4 Å². The average Bonchev–Trinajstić information content (AvgIpc) is 3.01. The van der Waals surface area contributed by atoms with E-state index in [1.54, 1.807) is 12.1 Å². The van der Waals surface area contributed by atoms with E-state index in [-0.39, 0.29) is 18.4 Å². The first kappa shape index (κ1) is 34.0. The van der Waals surface area contributed by atoms with Gasteiger partial charge in [0.05, 0.1) is 23.6 Å². The lowest BCUT2D eigenvalue weighted by Crippen LogP contribution is -2.56. The van der Waals surface area contributed by atoms with E-state index in [1.165, 1.54) is 5.48 Å². The predicted octanol–water partition coefficient (Wildman–Crippen LogP) is 4.75. The number of aliphatic hydroxyl groups is 1. The number of hydrogen-bond donors (Lipinski definition) is 5. The molecule has 9 nitrogen and oxygen atoms in total. The number of aliphatic hydroxyl groups excluding tert-OH is 1. The first-order valence-electron chi connectivity index (χ1n) is 14.7. The molecule has 0 saturated heterocycles. The monoisotopic (exact) mass is 598 g/mol. The van der Waals surface area contributed by atoms with E-state index >= 15 is 0 Å². The summed E-state index contributed by atoms with van der Waals surface area (Å²) in [6.07, 6.45) is -0.646. The van der Waals surface area contributed by atoms with Crippen LogP contribution in [0.4, 0.5) is 0 Å². The lowest BCUT2D eigenvalue weighted by Gasteiger charge is -2.33. The molecule has 5 N–H and O–H groups in total. The van der Waals surface area contributed by atoms with Gasteiger partial charge in [-0.15, -0.1) is 0 Å². The minimum absolute atomic E-state index is 0.135. The van der Waals surface area contributed by atoms with Gasteiger partial charge in [0.1, 0.15) is 12.1 Å². The Kier molecular flexibility index (Phi) is 11.8. The number of carbonyl (C=O) groups is 3. The zero-order chi connectivity index (χ0) is 32.4. The van der Waals surface area contributed by atoms with E-state index in [9.17, 15) is 19.5 Å². The summed E-state index contributed by atoms with van der Waals surface area (Å²) in [5.74, 6) is -3.34. The second-order valence-corrected chi connectivity index (χ2v) is 12.2. The zero-order valence-corrected chi connectivity index (χ0v) is 25.9. The number of nitrogens with zero attached hydrogens (tertiary/aromatic N) is 1. The van der Waals surface area contributed by atoms with Crippen molar-refractivity contribution in [2.24, 2.45) is 11.3 Å². The molecule has 0 aliphatic heterocycles. The summed E-state index contributed by atoms with van der Waals surface area (Å²) in [7, 11) is 0. The molecule has 0 spiro atoms. The molecular formula is C35H42N4O5. The molecule has 3 rings (SSSR count). The molecule has 4 unspecified atom stereocenters. The van der Waals surface area contributed by atoms with Crippen LogP contribution in [-0.2, 0) is 20.8 Å². The Morgan fingerprint density at radius 1 is 0.909 bits per heavy atom. The van der Waals surface area contributed by atoms with Crippen molar-refractivity contribution in [1.29, 1.82) is 5.26 Å². The fourth-order valence-electron chi connectivity index (χ4n) is 5.18. The molecule has 0 saturated carbocycles. The maximum absolute atomic E-state index is 13.5. The Morgan fingerprint density at radius 2 is 1.57 bits per heavy atom. The molecule has 0 fully saturated rings. The lowest BCUT2D eigenvalue weighted by atomic mass is 9.84. The summed E-state index contributed by atoms with van der Waals surface area (Å²) in [5.41, 5.74) is 6.35. The van der Waals surface area contributed by atoms with Crippen LogP contribution < -0.4 is 16.1 Å². The topological polar surface area (TPSA) is 152 Å². The number of hydroxylamine groups is 1. The van der Waals surface area contributed by atoms with Gasteiger partial charge in [-0.05, 0) is 78.5 Å². The highest BCUT2D eigenvalue weighted by Gasteiger charge is 2.38. The van der Waals surface area contributed by atoms with Gasteiger partial charge in [0.25, 0.3) is 5.91 Å². The molecule has 3 amide bonds. The number of nitrogens with one attached hydrogen (secondary N) is 3. The molecule has 3 aromatic carbocycles. The maximum Gasteiger partial charge on any atom is 0.272 e. The molecule has 44 heavy (non-hydrogen) atoms. The third-order valence-corrected chi connectivity index (χ3v) is 7.77. The third kappa shape index (κ3) is 8.99. The van der Waals surface area contributed by atoms with Crippen LogP contribution in [-0.4, -0.2) is 40.2 Å². The van der Waals surface area contributed by atoms with Crippen LogP contribution >= 0.6 is 0 Å². The quantitative estimate of drug-likeness (QED) is 0.150. The fraction of sp³-hybridized carbons (Fsp3) is 0.371. The second-order valence-electron chi connectivity index (χ2n) is 12.2. The summed E-state index contributed by atoms with van der Waals surface area (Å²) in [6, 6.07) is 23.7. The Bertz CT molecular complexity index is 1480. The number of nitriles is 1. The van der Waals surface area contributed by atoms with Crippen LogP contribution in [0.1, 0.15) is 68.8 Å². The first-order chi connectivity index (χ1) is 20.8. The van der Waals surface area contributed by atoms with Gasteiger partial charge in [0.2, 0.25) is 11.8 Å². The van der Waals surface area contributed by atoms with Gasteiger partial charge in [-0.25, -0.2) is 5.48 Å². The summed E-state index contributed by atoms with van der Waals surface area (Å²) in [4.78, 5) is 39.1. The Morgan fingerprint density at radius 3 is 2.14 bits per heavy atom. The standard InChI is InChI=1S/C35H42N4O5/c1-22-20-24(16-19-28(22)27-17-14-25(21-36)15-18-27)10-9-13-29(30(40)33(42)39-44)32(41)38-31(35(3,4)5)34(43)37-23(2)26-11-7-6-8-12-26/h6-8,11-12,14-20,23,29-31,40,44H,9-10,13H2,1-5H3,(H,37,43)(H,38,41)(H,39,42). The van der Waals surface area contributed by atoms with E-state index in [2.05, 4.69) is 16.7 Å². The Balaban J connectivity index is 1.72. The SMILES string of the molecule is Cc1cc(CCCC(C(=O)NC(C(=O)NC(C)c2ccccc2)C(C)(C)C)C(O)C(=O)NO)ccc1-c1ccc(C#N)cc1. The largest absolute Gasteiger partial charge is 0.382 e. The predicted molar refractivity (Wildman–Crippen MR) is 168 cm³/mol. The molecular weight excluding hydrogens is 556 g/mol. The summed E-state index contributed by atoms with van der Waals surface area (Å²) >= 11 is 0. The zero-order valence-electron chi connectivity index (χ0n) is 25.9. The number of hydrogen-bond acceptors (Lipinski definition) is 6. The molecule has 4 atom stereocenters. The van der Waals surface area contributed by atoms with Crippen molar-refractivity contribution < 1.29 is 24.7 Å². The molecule has 0 bridgehead atoms. The van der Waals surface area contributed by atoms with Crippen molar-refractivity contribution >= 4 is 17.7 Å². The van der Waals surface area contributed by atoms with E-state index < -0.39 is 35.3 Å². The molecule has 232 valence electrons. The Labute approximate surface area is 259 Å². The van der Waals surface area contributed by atoms with E-state index in [0.717, 1.165) is 27.8 Å². The van der Waals surface area contributed by atoms with Gasteiger partial charge >= 0.3 is 0 Å². The lowest BCUT2D eigenvalue weighted by molar-refractivity contribution is -0.147. The first-order valence-corrected chi connectivity index (χ1v) is 14.7. The maximum atomic E-state index is 13.5. The van der Waals surface area contributed by atoms with Crippen molar-refractivity contribution in [1.82, 2.24) is 16.1 Å². The van der Waals surface area contributed by atoms with Crippen LogP contribution in [0.25, 0.3) is 11.1 Å². The van der Waals surface area contributed by atoms with Crippen molar-refractivity contribution in [3.63, 3.8) is 0 Å². The number of aryl methyl sites for hydroxylation is 2. The number of rotatable bonds is 12. The van der Waals surface area contributed by atoms with Gasteiger partial charge in [0.15, 0.2) is 0 Å². The van der Waals surface area contributed by atoms with Crippen molar-refractivity contribution in [3.05, 3.63) is 95.1 Å². The average molecular weight is 599 g/mol. The highest BCUT2D eigenvalue weighted by atomic mass is 16.5. The van der Waals surface area contributed by atoms with Crippen LogP contribution in [0.2, 0.25) is 0 Å². The normalized spacial score (nSPS) is 14.0. The fourth-order valence-corrected chi connectivity index (χ4v) is 5.18. The van der Waals surface area contributed by atoms with Crippen molar-refractivity contribution in [2.45, 2.75) is 72.1 Å². The van der Waals surface area contributed by atoms with Crippen molar-refractivity contribution in [3.8, 4) is 17.2 Å². The summed E-state index contributed by atoms with van der Waals surface area (Å²) in [6.45, 7) is 9.31. The van der Waals surface area contributed by atoms with E-state index in [1.807, 2.05) is 95.3 Å². The molecule has 9 heteroatoms. The highest BCUT2D eigenvalue weighted by molar-refractivity contribution is 5.92. The van der Waals surface area contributed by atoms with Gasteiger partial charge in [-0.3, -0.25) is 19.6 Å². The Hall–Kier alpha value is -4.52. The van der Waals surface area contributed by atoms with Crippen LogP contribution in [0.3, 0.4) is 0 Å². The summed E-state index contributed by atoms with van der Waals surface area (Å²) < 4.78 is 0. The number of carbonyl (C=O) groups excluding carboxylic acids is 3. The molecule has 3 aromatic rings. The second kappa shape index (κ2) is 15.3. The van der Waals surface area contributed by atoms with Crippen molar-refractivity contribution in [2.75, 3.05) is 0 Å². The van der Waals surface area contributed by atoms with Gasteiger partial charge < -0.3 is 15.7 Å².